The summed E-state index contributed by atoms with van der Waals surface area (Å²) in [6.45, 7) is 2.82. The summed E-state index contributed by atoms with van der Waals surface area (Å²) in [5, 5.41) is 13.1. The van der Waals surface area contributed by atoms with Crippen molar-refractivity contribution >= 4 is 23.0 Å². The van der Waals surface area contributed by atoms with E-state index in [9.17, 15) is 9.90 Å². The molecule has 4 rings (SSSR count). The van der Waals surface area contributed by atoms with Gasteiger partial charge in [-0.2, -0.15) is 9.97 Å². The Morgan fingerprint density at radius 3 is 2.78 bits per heavy atom. The summed E-state index contributed by atoms with van der Waals surface area (Å²) >= 11 is 0. The number of imidazole rings is 1. The zero-order chi connectivity index (χ0) is 25.3. The van der Waals surface area contributed by atoms with Gasteiger partial charge in [0, 0.05) is 19.9 Å². The number of nitrogens with zero attached hydrogens (tertiary/aromatic N) is 4. The van der Waals surface area contributed by atoms with Gasteiger partial charge in [-0.05, 0) is 24.9 Å². The maximum Gasteiger partial charge on any atom is 0.320 e. The fourth-order valence-corrected chi connectivity index (χ4v) is 4.22. The molecule has 1 fully saturated rings. The van der Waals surface area contributed by atoms with Gasteiger partial charge in [-0.3, -0.25) is 9.36 Å². The maximum absolute atomic E-state index is 11.5. The minimum Gasteiger partial charge on any atom is -0.460 e. The minimum absolute atomic E-state index is 0.215. The molecule has 4 N–H and O–H groups in total. The number of aromatic nitrogens is 4. The van der Waals surface area contributed by atoms with Gasteiger partial charge in [0.25, 0.3) is 0 Å². The van der Waals surface area contributed by atoms with Gasteiger partial charge in [0.15, 0.2) is 17.0 Å². The molecule has 0 saturated carbocycles. The standard InChI is InChI=1S/C25H34N6O5/c1-17(33)35-19-13-21(36-20(19)14-32)31-16-28-22-23(27-12-8-3-2-7-11-26)29-25(30-24(22)31)34-15-18-9-5-4-6-10-18/h4-6,9-10,16,19-21,32H,2-3,7-8,11-15,26H2,1H3,(H,27,29,30). The van der Waals surface area contributed by atoms with E-state index in [1.54, 1.807) is 10.9 Å². The number of carbonyl (C=O) groups excluding carboxylic acids is 1. The first-order valence-electron chi connectivity index (χ1n) is 12.4. The molecule has 1 aliphatic heterocycles. The highest BCUT2D eigenvalue weighted by Crippen LogP contribution is 2.34. The van der Waals surface area contributed by atoms with Crippen molar-refractivity contribution in [3.05, 3.63) is 42.2 Å². The van der Waals surface area contributed by atoms with Gasteiger partial charge in [-0.1, -0.05) is 43.2 Å². The number of aliphatic hydroxyl groups is 1. The third-order valence-electron chi connectivity index (χ3n) is 6.02. The Hall–Kier alpha value is -3.28. The number of rotatable bonds is 13. The molecule has 1 aliphatic rings. The summed E-state index contributed by atoms with van der Waals surface area (Å²) < 4.78 is 19.0. The predicted octanol–water partition coefficient (Wildman–Crippen LogP) is 2.55. The monoisotopic (exact) mass is 498 g/mol. The molecule has 3 aromatic rings. The van der Waals surface area contributed by atoms with E-state index in [1.807, 2.05) is 30.3 Å². The third kappa shape index (κ3) is 6.48. The number of carbonyl (C=O) groups is 1. The summed E-state index contributed by atoms with van der Waals surface area (Å²) in [5.41, 5.74) is 7.70. The van der Waals surface area contributed by atoms with Crippen molar-refractivity contribution in [2.75, 3.05) is 25.0 Å². The molecule has 36 heavy (non-hydrogen) atoms. The molecule has 2 aromatic heterocycles. The molecule has 1 aromatic carbocycles. The van der Waals surface area contributed by atoms with E-state index >= 15 is 0 Å². The highest BCUT2D eigenvalue weighted by atomic mass is 16.6. The third-order valence-corrected chi connectivity index (χ3v) is 6.02. The molecule has 11 nitrogen and oxygen atoms in total. The second kappa shape index (κ2) is 12.6. The Morgan fingerprint density at radius 2 is 2.03 bits per heavy atom. The van der Waals surface area contributed by atoms with Crippen molar-refractivity contribution in [1.29, 1.82) is 0 Å². The van der Waals surface area contributed by atoms with Crippen LogP contribution in [-0.2, 0) is 20.9 Å². The molecule has 0 bridgehead atoms. The number of esters is 1. The highest BCUT2D eigenvalue weighted by molar-refractivity contribution is 5.83. The molecule has 11 heteroatoms. The van der Waals surface area contributed by atoms with Crippen LogP contribution >= 0.6 is 0 Å². The first-order chi connectivity index (χ1) is 17.6. The van der Waals surface area contributed by atoms with Crippen LogP contribution in [0.5, 0.6) is 6.01 Å². The molecule has 0 spiro atoms. The van der Waals surface area contributed by atoms with Crippen LogP contribution in [0.2, 0.25) is 0 Å². The van der Waals surface area contributed by atoms with Crippen LogP contribution < -0.4 is 15.8 Å². The van der Waals surface area contributed by atoms with Crippen molar-refractivity contribution in [2.45, 2.75) is 64.1 Å². The maximum atomic E-state index is 11.5. The van der Waals surface area contributed by atoms with Crippen LogP contribution in [0.3, 0.4) is 0 Å². The van der Waals surface area contributed by atoms with Crippen LogP contribution in [-0.4, -0.2) is 62.5 Å². The van der Waals surface area contributed by atoms with E-state index in [4.69, 9.17) is 19.9 Å². The molecule has 3 heterocycles. The van der Waals surface area contributed by atoms with E-state index in [0.29, 0.717) is 36.6 Å². The fourth-order valence-electron chi connectivity index (χ4n) is 4.22. The van der Waals surface area contributed by atoms with Crippen LogP contribution in [0, 0.1) is 0 Å². The topological polar surface area (TPSA) is 147 Å². The lowest BCUT2D eigenvalue weighted by molar-refractivity contribution is -0.150. The quantitative estimate of drug-likeness (QED) is 0.237. The van der Waals surface area contributed by atoms with Gasteiger partial charge >= 0.3 is 12.0 Å². The number of benzene rings is 1. The lowest BCUT2D eigenvalue weighted by Gasteiger charge is -2.15. The molecule has 1 saturated heterocycles. The van der Waals surface area contributed by atoms with Crippen LogP contribution in [0.15, 0.2) is 36.7 Å². The van der Waals surface area contributed by atoms with Crippen LogP contribution in [0.1, 0.15) is 50.8 Å². The number of nitrogens with one attached hydrogen (secondary N) is 1. The number of ether oxygens (including phenoxy) is 3. The molecule has 3 unspecified atom stereocenters. The van der Waals surface area contributed by atoms with Crippen molar-refractivity contribution in [2.24, 2.45) is 5.73 Å². The number of fused-ring (bicyclic) bond motifs is 1. The van der Waals surface area contributed by atoms with E-state index in [-0.39, 0.29) is 12.6 Å². The van der Waals surface area contributed by atoms with Gasteiger partial charge in [0.1, 0.15) is 25.0 Å². The molecule has 3 atom stereocenters. The van der Waals surface area contributed by atoms with Crippen molar-refractivity contribution < 1.29 is 24.1 Å². The van der Waals surface area contributed by atoms with E-state index in [0.717, 1.165) is 37.8 Å². The molecule has 0 amide bonds. The van der Waals surface area contributed by atoms with Crippen molar-refractivity contribution in [3.8, 4) is 6.01 Å². The van der Waals surface area contributed by atoms with E-state index < -0.39 is 24.4 Å². The number of aliphatic hydroxyl groups excluding tert-OH is 1. The molecule has 194 valence electrons. The number of nitrogens with two attached hydrogens (primary N) is 1. The Balaban J connectivity index is 1.56. The SMILES string of the molecule is CC(=O)OC1CC(n2cnc3c(NCCCCCCN)nc(OCc4ccccc4)nc32)OC1CO. The number of hydrogen-bond acceptors (Lipinski definition) is 10. The summed E-state index contributed by atoms with van der Waals surface area (Å²) in [6, 6.07) is 10.0. The Labute approximate surface area is 210 Å². The summed E-state index contributed by atoms with van der Waals surface area (Å²) in [4.78, 5) is 25.2. The fraction of sp³-hybridized carbons (Fsp3) is 0.520. The van der Waals surface area contributed by atoms with Crippen LogP contribution in [0.4, 0.5) is 5.82 Å². The lowest BCUT2D eigenvalue weighted by Crippen LogP contribution is -2.29. The lowest BCUT2D eigenvalue weighted by atomic mass is 10.2. The molecular formula is C25H34N6O5. The molecule has 0 aliphatic carbocycles. The number of anilines is 1. The Morgan fingerprint density at radius 1 is 1.22 bits per heavy atom. The van der Waals surface area contributed by atoms with Crippen molar-refractivity contribution in [1.82, 2.24) is 19.5 Å². The second-order valence-corrected chi connectivity index (χ2v) is 8.78. The summed E-state index contributed by atoms with van der Waals surface area (Å²) in [7, 11) is 0. The van der Waals surface area contributed by atoms with Crippen LogP contribution in [0.25, 0.3) is 11.2 Å². The predicted molar refractivity (Wildman–Crippen MR) is 133 cm³/mol. The first-order valence-corrected chi connectivity index (χ1v) is 12.4. The first kappa shape index (κ1) is 25.8. The average molecular weight is 499 g/mol. The summed E-state index contributed by atoms with van der Waals surface area (Å²) in [5.74, 6) is 0.156. The van der Waals surface area contributed by atoms with Gasteiger partial charge in [-0.25, -0.2) is 4.98 Å². The normalized spacial score (nSPS) is 19.5. The zero-order valence-electron chi connectivity index (χ0n) is 20.5. The largest absolute Gasteiger partial charge is 0.460 e. The Kier molecular flexibility index (Phi) is 9.04. The highest BCUT2D eigenvalue weighted by Gasteiger charge is 2.39. The van der Waals surface area contributed by atoms with E-state index in [1.165, 1.54) is 6.92 Å². The summed E-state index contributed by atoms with van der Waals surface area (Å²) in [6.07, 6.45) is 4.44. The molecule has 0 radical (unpaired) electrons. The smallest absolute Gasteiger partial charge is 0.320 e. The average Bonchev–Trinajstić information content (AvgIpc) is 3.48. The van der Waals surface area contributed by atoms with Crippen molar-refractivity contribution in [3.63, 3.8) is 0 Å². The van der Waals surface area contributed by atoms with E-state index in [2.05, 4.69) is 20.3 Å². The number of unbranched alkanes of at least 4 members (excludes halogenated alkanes) is 3. The van der Waals surface area contributed by atoms with Gasteiger partial charge in [0.05, 0.1) is 12.9 Å². The van der Waals surface area contributed by atoms with Gasteiger partial charge < -0.3 is 30.4 Å². The van der Waals surface area contributed by atoms with Gasteiger partial charge in [0.2, 0.25) is 0 Å². The molecular weight excluding hydrogens is 464 g/mol. The van der Waals surface area contributed by atoms with Gasteiger partial charge in [-0.15, -0.1) is 0 Å². The zero-order valence-corrected chi connectivity index (χ0v) is 20.5. The minimum atomic E-state index is -0.627. The number of hydrogen-bond donors (Lipinski definition) is 3. The second-order valence-electron chi connectivity index (χ2n) is 8.78. The Bertz CT molecular complexity index is 1120.